The molecule has 6 heteroatoms. The van der Waals surface area contributed by atoms with Crippen LogP contribution in [-0.4, -0.2) is 19.5 Å². The zero-order valence-corrected chi connectivity index (χ0v) is 5.08. The van der Waals surface area contributed by atoms with E-state index in [4.69, 9.17) is 0 Å². The fourth-order valence-electron chi connectivity index (χ4n) is 0.842. The summed E-state index contributed by atoms with van der Waals surface area (Å²) >= 11 is 0. The van der Waals surface area contributed by atoms with Gasteiger partial charge >= 0.3 is 14.5 Å². The van der Waals surface area contributed by atoms with Crippen molar-refractivity contribution in [1.29, 1.82) is 0 Å². The number of aromatic amines is 1. The van der Waals surface area contributed by atoms with Gasteiger partial charge in [-0.3, -0.25) is 4.32 Å². The molecule has 0 atom stereocenters. The molecule has 1 aromatic heterocycles. The fourth-order valence-corrected chi connectivity index (χ4v) is 0.842. The number of halogens is 1. The van der Waals surface area contributed by atoms with Crippen LogP contribution in [0.4, 0.5) is 4.32 Å². The molecule has 50 valence electrons. The zero-order valence-electron chi connectivity index (χ0n) is 5.08. The van der Waals surface area contributed by atoms with Gasteiger partial charge in [-0.1, -0.05) is 0 Å². The summed E-state index contributed by atoms with van der Waals surface area (Å²) in [5, 5.41) is 0. The number of hydrogen-bond donors (Lipinski definition) is 1. The Morgan fingerprint density at radius 1 is 1.50 bits per heavy atom. The van der Waals surface area contributed by atoms with Gasteiger partial charge in [0.25, 0.3) is 0 Å². The van der Waals surface area contributed by atoms with E-state index in [-0.39, 0.29) is 0 Å². The maximum atomic E-state index is 11.9. The van der Waals surface area contributed by atoms with Gasteiger partial charge in [0.15, 0.2) is 0 Å². The molecule has 2 rings (SSSR count). The van der Waals surface area contributed by atoms with Gasteiger partial charge < -0.3 is 14.1 Å². The minimum atomic E-state index is -1.55. The summed E-state index contributed by atoms with van der Waals surface area (Å²) in [5.41, 5.74) is 0.744. The Kier molecular flexibility index (Phi) is 1.28. The second-order valence-corrected chi connectivity index (χ2v) is 2.00. The minimum absolute atomic E-state index is 0.537. The van der Waals surface area contributed by atoms with Crippen LogP contribution in [0.3, 0.4) is 0 Å². The topological polar surface area (TPSA) is 34.2 Å². The molecule has 0 bridgehead atoms. The fraction of sp³-hybridized carbons (Fsp3) is 0. The highest BCUT2D eigenvalue weighted by Crippen LogP contribution is 2.08. The largest absolute Gasteiger partial charge is 0.652 e. The van der Waals surface area contributed by atoms with Crippen LogP contribution in [0.15, 0.2) is 18.3 Å². The van der Waals surface area contributed by atoms with Crippen molar-refractivity contribution in [3.05, 3.63) is 18.3 Å². The number of nitrogens with one attached hydrogen (secondary N) is 1. The van der Waals surface area contributed by atoms with Crippen molar-refractivity contribution in [2.45, 2.75) is 0 Å². The lowest BCUT2D eigenvalue weighted by atomic mass is 9.76. The predicted molar refractivity (Wildman–Crippen MR) is 35.2 cm³/mol. The smallest absolute Gasteiger partial charge is 0.418 e. The highest BCUT2D eigenvalue weighted by Gasteiger charge is 2.44. The van der Waals surface area contributed by atoms with Crippen molar-refractivity contribution in [3.63, 3.8) is 0 Å². The van der Waals surface area contributed by atoms with Gasteiger partial charge in [-0.2, -0.15) is 0 Å². The number of hydrogen-bond acceptors (Lipinski definition) is 2. The van der Waals surface area contributed by atoms with Gasteiger partial charge in [-0.05, 0) is 12.1 Å². The van der Waals surface area contributed by atoms with Gasteiger partial charge in [0.1, 0.15) is 0 Å². The summed E-state index contributed by atoms with van der Waals surface area (Å²) in [6.45, 7) is 0. The summed E-state index contributed by atoms with van der Waals surface area (Å²) in [7, 11) is -2.08. The molecule has 1 fully saturated rings. The summed E-state index contributed by atoms with van der Waals surface area (Å²) in [6, 6.07) is 3.57. The standard InChI is InChI=1S/C4H4B2FNO2/c7-6-9-5(10-6)4-2-1-3-8-4/h1-3,8H. The summed E-state index contributed by atoms with van der Waals surface area (Å²) in [4.78, 5) is 2.84. The van der Waals surface area contributed by atoms with Gasteiger partial charge in [0, 0.05) is 11.8 Å². The van der Waals surface area contributed by atoms with E-state index in [1.165, 1.54) is 0 Å². The van der Waals surface area contributed by atoms with Crippen molar-refractivity contribution in [2.24, 2.45) is 0 Å². The number of rotatable bonds is 1. The quantitative estimate of drug-likeness (QED) is 0.542. The monoisotopic (exact) mass is 139 g/mol. The molecule has 0 aromatic carbocycles. The molecule has 0 unspecified atom stereocenters. The first-order valence-corrected chi connectivity index (χ1v) is 2.94. The SMILES string of the molecule is FB1OB(c2ccc[nH]2)O1. The minimum Gasteiger partial charge on any atom is -0.418 e. The van der Waals surface area contributed by atoms with E-state index in [2.05, 4.69) is 14.1 Å². The van der Waals surface area contributed by atoms with Crippen LogP contribution in [0.25, 0.3) is 0 Å². The van der Waals surface area contributed by atoms with E-state index in [0.29, 0.717) is 0 Å². The van der Waals surface area contributed by atoms with Crippen molar-refractivity contribution >= 4 is 20.1 Å². The van der Waals surface area contributed by atoms with E-state index in [9.17, 15) is 4.32 Å². The molecular weight excluding hydrogens is 135 g/mol. The average molecular weight is 139 g/mol. The van der Waals surface area contributed by atoms with E-state index in [1.807, 2.05) is 0 Å². The maximum Gasteiger partial charge on any atom is 0.652 e. The van der Waals surface area contributed by atoms with Crippen molar-refractivity contribution in [2.75, 3.05) is 0 Å². The molecule has 3 nitrogen and oxygen atoms in total. The molecule has 1 aliphatic heterocycles. The Labute approximate surface area is 57.9 Å². The van der Waals surface area contributed by atoms with Crippen LogP contribution >= 0.6 is 0 Å². The lowest BCUT2D eigenvalue weighted by Crippen LogP contribution is -2.54. The lowest BCUT2D eigenvalue weighted by Gasteiger charge is -2.23. The molecule has 0 radical (unpaired) electrons. The molecule has 0 spiro atoms. The Balaban J connectivity index is 2.04. The average Bonchev–Trinajstić information content (AvgIpc) is 2.31. The molecule has 1 saturated heterocycles. The Morgan fingerprint density at radius 2 is 2.30 bits per heavy atom. The number of aromatic nitrogens is 1. The Morgan fingerprint density at radius 3 is 2.80 bits per heavy atom. The molecular formula is C4H4B2FNO2. The normalized spacial score (nSPS) is 17.3. The molecule has 0 amide bonds. The zero-order chi connectivity index (χ0) is 6.97. The van der Waals surface area contributed by atoms with Crippen LogP contribution in [0, 0.1) is 0 Å². The molecule has 2 heterocycles. The molecule has 1 aromatic rings. The second-order valence-electron chi connectivity index (χ2n) is 2.00. The molecule has 1 N–H and O–H groups in total. The van der Waals surface area contributed by atoms with E-state index in [0.717, 1.165) is 5.59 Å². The van der Waals surface area contributed by atoms with Gasteiger partial charge in [-0.15, -0.1) is 0 Å². The van der Waals surface area contributed by atoms with E-state index >= 15 is 0 Å². The van der Waals surface area contributed by atoms with Crippen LogP contribution < -0.4 is 5.59 Å². The Hall–Kier alpha value is -0.740. The van der Waals surface area contributed by atoms with Gasteiger partial charge in [-0.25, -0.2) is 0 Å². The van der Waals surface area contributed by atoms with Crippen LogP contribution in [0.5, 0.6) is 0 Å². The summed E-state index contributed by atoms with van der Waals surface area (Å²) in [6.07, 6.45) is 1.73. The maximum absolute atomic E-state index is 11.9. The number of H-pyrrole nitrogens is 1. The third-order valence-electron chi connectivity index (χ3n) is 1.34. The van der Waals surface area contributed by atoms with Crippen molar-refractivity contribution in [3.8, 4) is 0 Å². The first-order valence-electron chi connectivity index (χ1n) is 2.94. The molecule has 0 saturated carbocycles. The third-order valence-corrected chi connectivity index (χ3v) is 1.34. The van der Waals surface area contributed by atoms with E-state index in [1.54, 1.807) is 18.3 Å². The lowest BCUT2D eigenvalue weighted by molar-refractivity contribution is 0.243. The second kappa shape index (κ2) is 2.14. The first-order chi connectivity index (χ1) is 4.86. The molecule has 0 aliphatic carbocycles. The van der Waals surface area contributed by atoms with Gasteiger partial charge in [0.2, 0.25) is 0 Å². The molecule has 10 heavy (non-hydrogen) atoms. The van der Waals surface area contributed by atoms with Gasteiger partial charge in [0.05, 0.1) is 0 Å². The van der Waals surface area contributed by atoms with Crippen LogP contribution in [0.1, 0.15) is 0 Å². The first kappa shape index (κ1) is 6.00. The highest BCUT2D eigenvalue weighted by molar-refractivity contribution is 6.78. The molecule has 1 aliphatic rings. The summed E-state index contributed by atoms with van der Waals surface area (Å²) in [5.74, 6) is 0. The van der Waals surface area contributed by atoms with Crippen LogP contribution in [0.2, 0.25) is 0 Å². The summed E-state index contributed by atoms with van der Waals surface area (Å²) < 4.78 is 21.0. The van der Waals surface area contributed by atoms with Crippen molar-refractivity contribution < 1.29 is 13.5 Å². The predicted octanol–water partition coefficient (Wildman–Crippen LogP) is -0.289. The van der Waals surface area contributed by atoms with E-state index < -0.39 is 14.5 Å². The van der Waals surface area contributed by atoms with Crippen molar-refractivity contribution in [1.82, 2.24) is 4.98 Å². The highest BCUT2D eigenvalue weighted by atomic mass is 19.1. The Bertz CT molecular complexity index is 211. The van der Waals surface area contributed by atoms with Crippen LogP contribution in [-0.2, 0) is 9.14 Å². The third kappa shape index (κ3) is 0.853.